The minimum Gasteiger partial charge on any atom is -0.302 e. The number of aromatic nitrogens is 1. The second kappa shape index (κ2) is 8.88. The van der Waals surface area contributed by atoms with Crippen LogP contribution < -0.4 is 4.90 Å². The molecule has 0 saturated heterocycles. The van der Waals surface area contributed by atoms with Crippen LogP contribution in [0.5, 0.6) is 0 Å². The van der Waals surface area contributed by atoms with Gasteiger partial charge in [0, 0.05) is 31.4 Å². The van der Waals surface area contributed by atoms with E-state index in [1.165, 1.54) is 5.56 Å². The first-order valence-electron chi connectivity index (χ1n) is 12.2. The number of hydrogen-bond donors (Lipinski definition) is 0. The predicted molar refractivity (Wildman–Crippen MR) is 139 cm³/mol. The third-order valence-corrected chi connectivity index (χ3v) is 7.22. The number of hydrogen-bond acceptors (Lipinski definition) is 4. The van der Waals surface area contributed by atoms with Gasteiger partial charge in [-0.15, -0.1) is 0 Å². The Morgan fingerprint density at radius 2 is 1.69 bits per heavy atom. The smallest absolute Gasteiger partial charge is 0.224 e. The number of amides is 1. The molecule has 5 heteroatoms. The highest BCUT2D eigenvalue weighted by atomic mass is 16.2. The largest absolute Gasteiger partial charge is 0.302 e. The van der Waals surface area contributed by atoms with Crippen LogP contribution in [0.25, 0.3) is 0 Å². The predicted octanol–water partition coefficient (Wildman–Crippen LogP) is 6.32. The maximum atomic E-state index is 13.9. The minimum atomic E-state index is -0.499. The van der Waals surface area contributed by atoms with Crippen LogP contribution in [0.3, 0.4) is 0 Å². The Labute approximate surface area is 206 Å². The summed E-state index contributed by atoms with van der Waals surface area (Å²) in [6, 6.07) is 19.7. The molecule has 0 spiro atoms. The Kier molecular flexibility index (Phi) is 5.87. The number of aliphatic imine (C=N–C) groups is 1. The van der Waals surface area contributed by atoms with Crippen molar-refractivity contribution in [1.29, 1.82) is 0 Å². The summed E-state index contributed by atoms with van der Waals surface area (Å²) in [6.45, 7) is 8.16. The Morgan fingerprint density at radius 3 is 2.34 bits per heavy atom. The van der Waals surface area contributed by atoms with Crippen LogP contribution in [-0.2, 0) is 15.0 Å². The van der Waals surface area contributed by atoms with E-state index in [2.05, 4.69) is 50.0 Å². The fraction of sp³-hybridized carbons (Fsp3) is 0.333. The lowest BCUT2D eigenvalue weighted by Crippen LogP contribution is -2.45. The molecule has 3 aromatic rings. The molecule has 0 N–H and O–H groups in total. The zero-order valence-electron chi connectivity index (χ0n) is 20.7. The van der Waals surface area contributed by atoms with Crippen LogP contribution in [0.2, 0.25) is 0 Å². The van der Waals surface area contributed by atoms with E-state index in [-0.39, 0.29) is 23.0 Å². The van der Waals surface area contributed by atoms with Crippen LogP contribution >= 0.6 is 0 Å². The number of para-hydroxylation sites is 2. The highest BCUT2D eigenvalue weighted by molar-refractivity contribution is 6.13. The van der Waals surface area contributed by atoms with Gasteiger partial charge in [0.05, 0.1) is 23.3 Å². The minimum absolute atomic E-state index is 0.0668. The highest BCUT2D eigenvalue weighted by Gasteiger charge is 2.45. The lowest BCUT2D eigenvalue weighted by molar-refractivity contribution is -0.123. The van der Waals surface area contributed by atoms with Crippen molar-refractivity contribution in [3.05, 3.63) is 89.7 Å². The van der Waals surface area contributed by atoms with Crippen molar-refractivity contribution >= 4 is 28.8 Å². The van der Waals surface area contributed by atoms with Gasteiger partial charge in [0.1, 0.15) is 5.78 Å². The van der Waals surface area contributed by atoms with Gasteiger partial charge < -0.3 is 4.90 Å². The first-order valence-corrected chi connectivity index (χ1v) is 12.2. The number of carbonyl (C=O) groups is 2. The number of ketones is 1. The van der Waals surface area contributed by atoms with Crippen LogP contribution in [0.4, 0.5) is 11.4 Å². The molecular formula is C30H31N3O2. The fourth-order valence-corrected chi connectivity index (χ4v) is 5.45. The fourth-order valence-electron chi connectivity index (χ4n) is 5.45. The molecule has 2 heterocycles. The Hall–Kier alpha value is -3.60. The monoisotopic (exact) mass is 465 g/mol. The normalized spacial score (nSPS) is 22.1. The molecule has 1 unspecified atom stereocenters. The molecular weight excluding hydrogens is 434 g/mol. The van der Waals surface area contributed by atoms with Gasteiger partial charge in [-0.25, -0.2) is 0 Å². The molecule has 1 amide bonds. The lowest BCUT2D eigenvalue weighted by atomic mass is 9.72. The summed E-state index contributed by atoms with van der Waals surface area (Å²) in [7, 11) is 0. The molecule has 5 nitrogen and oxygen atoms in total. The van der Waals surface area contributed by atoms with Crippen LogP contribution in [0.15, 0.2) is 78.0 Å². The maximum Gasteiger partial charge on any atom is 0.224 e. The summed E-state index contributed by atoms with van der Waals surface area (Å²) < 4.78 is 0. The molecule has 3 atom stereocenters. The van der Waals surface area contributed by atoms with Gasteiger partial charge in [0.25, 0.3) is 0 Å². The van der Waals surface area contributed by atoms with Crippen molar-refractivity contribution in [1.82, 2.24) is 4.98 Å². The second-order valence-corrected chi connectivity index (χ2v) is 10.6. The van der Waals surface area contributed by atoms with Gasteiger partial charge in [-0.05, 0) is 52.6 Å². The van der Waals surface area contributed by atoms with Gasteiger partial charge in [-0.1, -0.05) is 63.2 Å². The van der Waals surface area contributed by atoms with Crippen molar-refractivity contribution < 1.29 is 9.59 Å². The highest BCUT2D eigenvalue weighted by Crippen LogP contribution is 2.47. The molecule has 1 aromatic heterocycles. The van der Waals surface area contributed by atoms with Gasteiger partial charge in [0.2, 0.25) is 5.91 Å². The quantitative estimate of drug-likeness (QED) is 0.445. The third kappa shape index (κ3) is 4.31. The van der Waals surface area contributed by atoms with E-state index in [1.54, 1.807) is 24.2 Å². The number of Topliss-reactive ketones (excluding diaryl/α,β-unsaturated/α-hetero) is 1. The van der Waals surface area contributed by atoms with Crippen molar-refractivity contribution in [2.45, 2.75) is 57.9 Å². The lowest BCUT2D eigenvalue weighted by Gasteiger charge is -2.38. The van der Waals surface area contributed by atoms with E-state index in [0.29, 0.717) is 12.8 Å². The van der Waals surface area contributed by atoms with Gasteiger partial charge >= 0.3 is 0 Å². The molecule has 5 rings (SSSR count). The number of pyridine rings is 1. The number of nitrogens with zero attached hydrogens (tertiary/aromatic N) is 3. The molecule has 0 bridgehead atoms. The molecule has 1 saturated carbocycles. The van der Waals surface area contributed by atoms with E-state index < -0.39 is 12.0 Å². The molecule has 1 aliphatic heterocycles. The van der Waals surface area contributed by atoms with Crippen molar-refractivity contribution in [3.8, 4) is 0 Å². The summed E-state index contributed by atoms with van der Waals surface area (Å²) in [5.74, 6) is -0.430. The van der Waals surface area contributed by atoms with Crippen molar-refractivity contribution in [2.24, 2.45) is 10.9 Å². The van der Waals surface area contributed by atoms with E-state index in [1.807, 2.05) is 36.4 Å². The number of fused-ring (bicyclic) bond motifs is 2. The molecule has 1 fully saturated rings. The first-order chi connectivity index (χ1) is 16.7. The van der Waals surface area contributed by atoms with E-state index in [9.17, 15) is 9.59 Å². The summed E-state index contributed by atoms with van der Waals surface area (Å²) in [5.41, 5.74) is 5.66. The summed E-state index contributed by atoms with van der Waals surface area (Å²) in [4.78, 5) is 38.0. The molecule has 0 radical (unpaired) electrons. The van der Waals surface area contributed by atoms with E-state index >= 15 is 0 Å². The van der Waals surface area contributed by atoms with Crippen LogP contribution in [0.1, 0.15) is 69.2 Å². The molecule has 178 valence electrons. The van der Waals surface area contributed by atoms with Crippen molar-refractivity contribution in [3.63, 3.8) is 0 Å². The summed E-state index contributed by atoms with van der Waals surface area (Å²) in [5, 5.41) is 0. The molecule has 1 aliphatic carbocycles. The third-order valence-electron chi connectivity index (χ3n) is 7.22. The van der Waals surface area contributed by atoms with Crippen LogP contribution in [-0.4, -0.2) is 22.4 Å². The Bertz CT molecular complexity index is 1290. The van der Waals surface area contributed by atoms with Crippen molar-refractivity contribution in [2.75, 3.05) is 4.90 Å². The van der Waals surface area contributed by atoms with Gasteiger partial charge in [-0.3, -0.25) is 19.6 Å². The summed E-state index contributed by atoms with van der Waals surface area (Å²) in [6.07, 6.45) is 4.58. The Balaban J connectivity index is 1.60. The number of anilines is 1. The average Bonchev–Trinajstić information content (AvgIpc) is 2.99. The molecule has 2 aliphatic rings. The average molecular weight is 466 g/mol. The SMILES string of the molecule is CC(=O)N1c2ccccc2N=C2C[C@@H](c3ccc(C(C)(C)C)cc3)CC(=O)C2[C@H]1c1cccnc1. The maximum absolute atomic E-state index is 13.9. The van der Waals surface area contributed by atoms with Crippen LogP contribution in [0, 0.1) is 5.92 Å². The van der Waals surface area contributed by atoms with E-state index in [0.717, 1.165) is 28.2 Å². The number of rotatable bonds is 2. The standard InChI is InChI=1S/C30H31N3O2/c1-19(34)33-26-10-6-5-9-24(26)32-25-16-22(20-11-13-23(14-12-20)30(2,3)4)17-27(35)28(25)29(33)21-8-7-15-31-18-21/h5-15,18,22,28-29H,16-17H2,1-4H3/t22-,28?,29-/m1/s1. The first kappa shape index (κ1) is 23.2. The zero-order chi connectivity index (χ0) is 24.7. The molecule has 2 aromatic carbocycles. The summed E-state index contributed by atoms with van der Waals surface area (Å²) >= 11 is 0. The van der Waals surface area contributed by atoms with Gasteiger partial charge in [0.15, 0.2) is 0 Å². The number of carbonyl (C=O) groups excluding carboxylic acids is 2. The molecule has 35 heavy (non-hydrogen) atoms. The topological polar surface area (TPSA) is 62.6 Å². The second-order valence-electron chi connectivity index (χ2n) is 10.6. The number of benzene rings is 2. The Morgan fingerprint density at radius 1 is 0.943 bits per heavy atom. The van der Waals surface area contributed by atoms with Gasteiger partial charge in [-0.2, -0.15) is 0 Å². The van der Waals surface area contributed by atoms with E-state index in [4.69, 9.17) is 4.99 Å². The zero-order valence-corrected chi connectivity index (χ0v) is 20.7.